The Kier molecular flexibility index (Phi) is 6.34. The number of fused-ring (bicyclic) bond motifs is 1. The van der Waals surface area contributed by atoms with Crippen molar-refractivity contribution in [2.45, 2.75) is 19.4 Å². The average Bonchev–Trinajstić information content (AvgIpc) is 2.67. The number of ether oxygens (including phenoxy) is 1. The first-order chi connectivity index (χ1) is 13.5. The summed E-state index contributed by atoms with van der Waals surface area (Å²) in [6.45, 7) is 1.80. The van der Waals surface area contributed by atoms with Crippen molar-refractivity contribution in [1.29, 1.82) is 0 Å². The number of amides is 1. The quantitative estimate of drug-likeness (QED) is 0.466. The first kappa shape index (κ1) is 19.9. The monoisotopic (exact) mass is 417 g/mol. The molecule has 0 aliphatic heterocycles. The van der Waals surface area contributed by atoms with Crippen LogP contribution in [0.1, 0.15) is 18.9 Å². The number of aromatic amines is 1. The summed E-state index contributed by atoms with van der Waals surface area (Å²) in [7, 11) is 0. The zero-order valence-electron chi connectivity index (χ0n) is 14.9. The lowest BCUT2D eigenvalue weighted by Crippen LogP contribution is -2.35. The number of halogens is 2. The molecule has 0 aliphatic carbocycles. The van der Waals surface area contributed by atoms with E-state index in [0.717, 1.165) is 10.9 Å². The van der Waals surface area contributed by atoms with E-state index in [-0.39, 0.29) is 5.56 Å². The molecule has 0 bridgehead atoms. The molecule has 0 fully saturated rings. The fourth-order valence-corrected chi connectivity index (χ4v) is 3.00. The molecule has 6 nitrogen and oxygen atoms in total. The summed E-state index contributed by atoms with van der Waals surface area (Å²) in [5.41, 5.74) is 3.15. The molecule has 1 unspecified atom stereocenters. The van der Waals surface area contributed by atoms with E-state index in [4.69, 9.17) is 27.9 Å². The van der Waals surface area contributed by atoms with Gasteiger partial charge in [0, 0.05) is 10.5 Å². The molecule has 144 valence electrons. The summed E-state index contributed by atoms with van der Waals surface area (Å²) in [5, 5.41) is 5.52. The van der Waals surface area contributed by atoms with Gasteiger partial charge in [0.25, 0.3) is 11.5 Å². The van der Waals surface area contributed by atoms with Crippen LogP contribution in [0.15, 0.2) is 58.4 Å². The lowest BCUT2D eigenvalue weighted by atomic mass is 10.2. The number of benzene rings is 2. The molecule has 0 saturated carbocycles. The summed E-state index contributed by atoms with van der Waals surface area (Å²) < 4.78 is 5.65. The summed E-state index contributed by atoms with van der Waals surface area (Å²) in [6.07, 6.45) is 0.896. The normalized spacial score (nSPS) is 12.2. The van der Waals surface area contributed by atoms with E-state index in [1.807, 2.05) is 24.3 Å². The second kappa shape index (κ2) is 8.91. The van der Waals surface area contributed by atoms with Gasteiger partial charge in [-0.1, -0.05) is 48.3 Å². The van der Waals surface area contributed by atoms with Crippen LogP contribution >= 0.6 is 23.2 Å². The van der Waals surface area contributed by atoms with Gasteiger partial charge in [-0.3, -0.25) is 9.59 Å². The lowest BCUT2D eigenvalue weighted by molar-refractivity contribution is -0.128. The van der Waals surface area contributed by atoms with Gasteiger partial charge < -0.3 is 9.72 Å². The predicted octanol–water partition coefficient (Wildman–Crippen LogP) is 4.14. The van der Waals surface area contributed by atoms with Crippen LogP contribution in [-0.2, 0) is 4.79 Å². The smallest absolute Gasteiger partial charge is 0.281 e. The first-order valence-corrected chi connectivity index (χ1v) is 9.30. The highest BCUT2D eigenvalue weighted by Crippen LogP contribution is 2.28. The molecule has 0 aliphatic rings. The highest BCUT2D eigenvalue weighted by Gasteiger charge is 2.19. The van der Waals surface area contributed by atoms with Crippen molar-refractivity contribution in [3.63, 3.8) is 0 Å². The Bertz CT molecular complexity index is 1100. The third-order valence-electron chi connectivity index (χ3n) is 3.99. The number of hydrazone groups is 1. The van der Waals surface area contributed by atoms with E-state index in [9.17, 15) is 9.59 Å². The predicted molar refractivity (Wildman–Crippen MR) is 111 cm³/mol. The maximum Gasteiger partial charge on any atom is 0.281 e. The van der Waals surface area contributed by atoms with Crippen LogP contribution in [0.4, 0.5) is 0 Å². The molecule has 1 heterocycles. The Morgan fingerprint density at radius 1 is 1.25 bits per heavy atom. The van der Waals surface area contributed by atoms with Crippen molar-refractivity contribution < 1.29 is 9.53 Å². The summed E-state index contributed by atoms with van der Waals surface area (Å²) in [5.74, 6) is -0.106. The fraction of sp³-hybridized carbons (Fsp3) is 0.150. The Balaban J connectivity index is 1.69. The summed E-state index contributed by atoms with van der Waals surface area (Å²) in [4.78, 5) is 27.2. The van der Waals surface area contributed by atoms with Crippen molar-refractivity contribution in [2.24, 2.45) is 5.10 Å². The van der Waals surface area contributed by atoms with E-state index in [1.165, 1.54) is 12.3 Å². The van der Waals surface area contributed by atoms with Gasteiger partial charge in [0.15, 0.2) is 6.10 Å². The van der Waals surface area contributed by atoms with Crippen LogP contribution in [0.25, 0.3) is 10.9 Å². The van der Waals surface area contributed by atoms with Crippen LogP contribution in [0.5, 0.6) is 5.75 Å². The van der Waals surface area contributed by atoms with Crippen LogP contribution in [-0.4, -0.2) is 23.2 Å². The largest absolute Gasteiger partial charge is 0.479 e. The molecule has 1 amide bonds. The van der Waals surface area contributed by atoms with Gasteiger partial charge in [0.2, 0.25) is 0 Å². The highest BCUT2D eigenvalue weighted by atomic mass is 35.5. The Morgan fingerprint density at radius 3 is 2.79 bits per heavy atom. The number of aromatic nitrogens is 1. The first-order valence-electron chi connectivity index (χ1n) is 8.54. The zero-order valence-corrected chi connectivity index (χ0v) is 16.4. The minimum atomic E-state index is -0.800. The molecule has 3 rings (SSSR count). The maximum absolute atomic E-state index is 12.3. The van der Waals surface area contributed by atoms with E-state index in [1.54, 1.807) is 25.1 Å². The van der Waals surface area contributed by atoms with Gasteiger partial charge in [-0.15, -0.1) is 0 Å². The molecule has 3 aromatic rings. The molecular weight excluding hydrogens is 401 g/mol. The highest BCUT2D eigenvalue weighted by molar-refractivity contribution is 6.35. The standard InChI is InChI=1S/C20H17Cl2N3O3/c1-2-17(28-18-8-7-14(21)10-15(18)22)20(27)25-23-11-13-9-12-5-3-4-6-16(12)24-19(13)26/h3-11,17H,2H2,1H3,(H,24,26)(H,25,27). The number of hydrogen-bond acceptors (Lipinski definition) is 4. The van der Waals surface area contributed by atoms with Gasteiger partial charge in [0.1, 0.15) is 5.75 Å². The van der Waals surface area contributed by atoms with E-state index >= 15 is 0 Å². The van der Waals surface area contributed by atoms with E-state index < -0.39 is 12.0 Å². The molecule has 28 heavy (non-hydrogen) atoms. The van der Waals surface area contributed by atoms with Crippen molar-refractivity contribution in [3.05, 3.63) is 74.5 Å². The van der Waals surface area contributed by atoms with Crippen molar-refractivity contribution in [1.82, 2.24) is 10.4 Å². The lowest BCUT2D eigenvalue weighted by Gasteiger charge is -2.16. The van der Waals surface area contributed by atoms with Gasteiger partial charge in [0.05, 0.1) is 16.8 Å². The molecule has 8 heteroatoms. The van der Waals surface area contributed by atoms with Crippen molar-refractivity contribution in [2.75, 3.05) is 0 Å². The zero-order chi connectivity index (χ0) is 20.1. The number of carbonyl (C=O) groups excluding carboxylic acids is 1. The molecule has 0 spiro atoms. The van der Waals surface area contributed by atoms with Gasteiger partial charge in [-0.25, -0.2) is 5.43 Å². The molecule has 0 saturated heterocycles. The number of nitrogens with one attached hydrogen (secondary N) is 2. The van der Waals surface area contributed by atoms with E-state index in [0.29, 0.717) is 27.8 Å². The van der Waals surface area contributed by atoms with Crippen molar-refractivity contribution in [3.8, 4) is 5.75 Å². The number of hydrogen-bond donors (Lipinski definition) is 2. The van der Waals surface area contributed by atoms with Crippen LogP contribution in [0, 0.1) is 0 Å². The second-order valence-corrected chi connectivity index (χ2v) is 6.81. The van der Waals surface area contributed by atoms with Crippen LogP contribution < -0.4 is 15.7 Å². The van der Waals surface area contributed by atoms with Gasteiger partial charge in [-0.2, -0.15) is 5.10 Å². The minimum Gasteiger partial charge on any atom is -0.479 e. The molecule has 2 aromatic carbocycles. The Hall–Kier alpha value is -2.83. The minimum absolute atomic E-state index is 0.298. The molecular formula is C20H17Cl2N3O3. The Labute approximate surface area is 171 Å². The fourth-order valence-electron chi connectivity index (χ4n) is 2.54. The van der Waals surface area contributed by atoms with Crippen molar-refractivity contribution >= 4 is 46.2 Å². The number of para-hydroxylation sites is 1. The third-order valence-corrected chi connectivity index (χ3v) is 4.52. The topological polar surface area (TPSA) is 83.5 Å². The Morgan fingerprint density at radius 2 is 2.04 bits per heavy atom. The number of H-pyrrole nitrogens is 1. The van der Waals surface area contributed by atoms with Crippen LogP contribution in [0.3, 0.4) is 0 Å². The third kappa shape index (κ3) is 4.71. The van der Waals surface area contributed by atoms with Gasteiger partial charge >= 0.3 is 0 Å². The SMILES string of the molecule is CCC(Oc1ccc(Cl)cc1Cl)C(=O)NN=Cc1cc2ccccc2[nH]c1=O. The van der Waals surface area contributed by atoms with E-state index in [2.05, 4.69) is 15.5 Å². The number of rotatable bonds is 6. The number of carbonyl (C=O) groups is 1. The maximum atomic E-state index is 12.3. The molecule has 0 radical (unpaired) electrons. The molecule has 1 atom stereocenters. The molecule has 1 aromatic heterocycles. The van der Waals surface area contributed by atoms with Crippen LogP contribution in [0.2, 0.25) is 10.0 Å². The summed E-state index contributed by atoms with van der Waals surface area (Å²) >= 11 is 11.9. The average molecular weight is 418 g/mol. The molecule has 2 N–H and O–H groups in total. The summed E-state index contributed by atoms with van der Waals surface area (Å²) in [6, 6.07) is 13.8. The number of nitrogens with zero attached hydrogens (tertiary/aromatic N) is 1. The van der Waals surface area contributed by atoms with Gasteiger partial charge in [-0.05, 0) is 42.1 Å². The number of pyridine rings is 1. The second-order valence-electron chi connectivity index (χ2n) is 5.96.